The molecule has 0 aromatic heterocycles. The van der Waals surface area contributed by atoms with Crippen molar-refractivity contribution in [3.05, 3.63) is 69.8 Å². The van der Waals surface area contributed by atoms with Crippen LogP contribution in [0.3, 0.4) is 0 Å². The maximum absolute atomic E-state index is 11.2. The molecule has 2 aromatic carbocycles. The molecule has 0 saturated heterocycles. The van der Waals surface area contributed by atoms with Crippen molar-refractivity contribution in [2.24, 2.45) is 0 Å². The molecule has 2 nitrogen and oxygen atoms in total. The molecule has 1 aliphatic carbocycles. The van der Waals surface area contributed by atoms with E-state index in [9.17, 15) is 9.90 Å². The Bertz CT molecular complexity index is 990. The molecule has 0 fully saturated rings. The van der Waals surface area contributed by atoms with Crippen LogP contribution in [0.1, 0.15) is 118 Å². The van der Waals surface area contributed by atoms with Crippen LogP contribution in [0.25, 0.3) is 11.6 Å². The number of rotatable bonds is 8. The molecule has 0 spiro atoms. The van der Waals surface area contributed by atoms with Crippen LogP contribution in [0.4, 0.5) is 0 Å². The second-order valence-electron chi connectivity index (χ2n) is 10.9. The van der Waals surface area contributed by atoms with Gasteiger partial charge in [0.25, 0.3) is 0 Å². The Labute approximate surface area is 194 Å². The summed E-state index contributed by atoms with van der Waals surface area (Å²) in [5.74, 6) is -0.883. The minimum atomic E-state index is -0.883. The van der Waals surface area contributed by atoms with Crippen LogP contribution in [0.15, 0.2) is 36.4 Å². The maximum atomic E-state index is 11.2. The Kier molecular flexibility index (Phi) is 7.32. The molecule has 1 N–H and O–H groups in total. The van der Waals surface area contributed by atoms with Gasteiger partial charge in [0.2, 0.25) is 0 Å². The Morgan fingerprint density at radius 3 is 2.09 bits per heavy atom. The summed E-state index contributed by atoms with van der Waals surface area (Å²) in [4.78, 5) is 11.2. The molecule has 32 heavy (non-hydrogen) atoms. The fraction of sp³-hybridized carbons (Fsp3) is 0.500. The molecular formula is C30H40O2. The van der Waals surface area contributed by atoms with E-state index in [1.807, 2.05) is 12.1 Å². The number of carboxylic acids is 1. The standard InChI is InChI=1S/C30H40O2/c1-7-8-9-10-11-24-19-26-27(30(5,6)17-16-29(26,3)4)20-25(24)21(2)18-22-12-14-23(15-13-22)28(31)32/h12-15,18-20H,7-11,16-17H2,1-6H3,(H,31,32). The molecule has 0 bridgehead atoms. The van der Waals surface area contributed by atoms with Crippen LogP contribution < -0.4 is 0 Å². The van der Waals surface area contributed by atoms with E-state index >= 15 is 0 Å². The predicted octanol–water partition coefficient (Wildman–Crippen LogP) is 8.42. The molecular weight excluding hydrogens is 392 g/mol. The molecule has 172 valence electrons. The zero-order valence-electron chi connectivity index (χ0n) is 20.8. The number of fused-ring (bicyclic) bond motifs is 1. The normalized spacial score (nSPS) is 17.1. The number of aryl methyl sites for hydroxylation is 1. The van der Waals surface area contributed by atoms with Crippen molar-refractivity contribution in [3.63, 3.8) is 0 Å². The first-order chi connectivity index (χ1) is 15.0. The van der Waals surface area contributed by atoms with E-state index in [0.29, 0.717) is 5.56 Å². The lowest BCUT2D eigenvalue weighted by molar-refractivity contribution is 0.0697. The van der Waals surface area contributed by atoms with Crippen molar-refractivity contribution >= 4 is 17.6 Å². The Morgan fingerprint density at radius 1 is 0.938 bits per heavy atom. The van der Waals surface area contributed by atoms with Crippen LogP contribution in [0.5, 0.6) is 0 Å². The second kappa shape index (κ2) is 9.65. The summed E-state index contributed by atoms with van der Waals surface area (Å²) in [5.41, 5.74) is 8.86. The highest BCUT2D eigenvalue weighted by Gasteiger charge is 2.37. The Morgan fingerprint density at radius 2 is 1.53 bits per heavy atom. The first-order valence-corrected chi connectivity index (χ1v) is 12.2. The maximum Gasteiger partial charge on any atom is 0.335 e. The van der Waals surface area contributed by atoms with Gasteiger partial charge in [-0.2, -0.15) is 0 Å². The van der Waals surface area contributed by atoms with Crippen LogP contribution in [0.2, 0.25) is 0 Å². The Balaban J connectivity index is 2.06. The van der Waals surface area contributed by atoms with Crippen LogP contribution in [-0.4, -0.2) is 11.1 Å². The fourth-order valence-corrected chi connectivity index (χ4v) is 5.02. The van der Waals surface area contributed by atoms with Crippen LogP contribution >= 0.6 is 0 Å². The topological polar surface area (TPSA) is 37.3 Å². The SMILES string of the molecule is CCCCCCc1cc2c(cc1C(C)=Cc1ccc(C(=O)O)cc1)C(C)(C)CCC2(C)C. The molecule has 0 aliphatic heterocycles. The van der Waals surface area contributed by atoms with Crippen molar-refractivity contribution in [2.45, 2.75) is 97.3 Å². The van der Waals surface area contributed by atoms with E-state index < -0.39 is 5.97 Å². The lowest BCUT2D eigenvalue weighted by Crippen LogP contribution is -2.34. The van der Waals surface area contributed by atoms with Gasteiger partial charge in [-0.05, 0) is 89.0 Å². The molecule has 0 radical (unpaired) electrons. The van der Waals surface area contributed by atoms with Crippen LogP contribution in [0, 0.1) is 0 Å². The first-order valence-electron chi connectivity index (χ1n) is 12.2. The van der Waals surface area contributed by atoms with Gasteiger partial charge >= 0.3 is 5.97 Å². The summed E-state index contributed by atoms with van der Waals surface area (Å²) in [7, 11) is 0. The van der Waals surface area contributed by atoms with Crippen molar-refractivity contribution < 1.29 is 9.90 Å². The summed E-state index contributed by atoms with van der Waals surface area (Å²) in [5, 5.41) is 9.18. The third kappa shape index (κ3) is 5.34. The van der Waals surface area contributed by atoms with Crippen molar-refractivity contribution in [1.82, 2.24) is 0 Å². The van der Waals surface area contributed by atoms with Crippen molar-refractivity contribution in [2.75, 3.05) is 0 Å². The highest BCUT2D eigenvalue weighted by Crippen LogP contribution is 2.47. The number of benzene rings is 2. The zero-order chi connectivity index (χ0) is 23.5. The molecule has 0 saturated carbocycles. The van der Waals surface area contributed by atoms with E-state index in [-0.39, 0.29) is 10.8 Å². The third-order valence-corrected chi connectivity index (χ3v) is 7.34. The Hall–Kier alpha value is -2.35. The van der Waals surface area contributed by atoms with Gasteiger partial charge in [0, 0.05) is 0 Å². The van der Waals surface area contributed by atoms with Gasteiger partial charge in [0.15, 0.2) is 0 Å². The number of carbonyl (C=O) groups is 1. The average molecular weight is 433 g/mol. The molecule has 1 aliphatic rings. The van der Waals surface area contributed by atoms with Gasteiger partial charge in [-0.3, -0.25) is 0 Å². The summed E-state index contributed by atoms with van der Waals surface area (Å²) in [6.07, 6.45) is 10.8. The highest BCUT2D eigenvalue weighted by molar-refractivity contribution is 5.88. The number of unbranched alkanes of at least 4 members (excludes halogenated alkanes) is 3. The van der Waals surface area contributed by atoms with E-state index in [0.717, 1.165) is 12.0 Å². The summed E-state index contributed by atoms with van der Waals surface area (Å²) in [6, 6.07) is 12.2. The highest BCUT2D eigenvalue weighted by atomic mass is 16.4. The molecule has 0 unspecified atom stereocenters. The average Bonchev–Trinajstić information content (AvgIpc) is 2.74. The monoisotopic (exact) mass is 432 g/mol. The van der Waals surface area contributed by atoms with Crippen molar-refractivity contribution in [1.29, 1.82) is 0 Å². The smallest absolute Gasteiger partial charge is 0.335 e. The number of hydrogen-bond acceptors (Lipinski definition) is 1. The molecule has 3 rings (SSSR count). The molecule has 0 amide bonds. The van der Waals surface area contributed by atoms with Gasteiger partial charge in [-0.1, -0.05) is 84.2 Å². The first kappa shape index (κ1) is 24.3. The van der Waals surface area contributed by atoms with Gasteiger partial charge in [0.05, 0.1) is 5.56 Å². The van der Waals surface area contributed by atoms with Crippen molar-refractivity contribution in [3.8, 4) is 0 Å². The zero-order valence-corrected chi connectivity index (χ0v) is 20.8. The lowest BCUT2D eigenvalue weighted by atomic mass is 9.62. The molecule has 2 aromatic rings. The van der Waals surface area contributed by atoms with Gasteiger partial charge < -0.3 is 5.11 Å². The predicted molar refractivity (Wildman–Crippen MR) is 137 cm³/mol. The number of carboxylic acid groups (broad SMARTS) is 1. The van der Waals surface area contributed by atoms with E-state index in [1.165, 1.54) is 66.4 Å². The van der Waals surface area contributed by atoms with Crippen LogP contribution in [-0.2, 0) is 17.3 Å². The molecule has 0 heterocycles. The summed E-state index contributed by atoms with van der Waals surface area (Å²) < 4.78 is 0. The number of hydrogen-bond donors (Lipinski definition) is 1. The molecule has 2 heteroatoms. The second-order valence-corrected chi connectivity index (χ2v) is 10.9. The summed E-state index contributed by atoms with van der Waals surface area (Å²) >= 11 is 0. The number of allylic oxidation sites excluding steroid dienone is 1. The minimum absolute atomic E-state index is 0.184. The quantitative estimate of drug-likeness (QED) is 0.336. The minimum Gasteiger partial charge on any atom is -0.478 e. The van der Waals surface area contributed by atoms with E-state index in [2.05, 4.69) is 59.8 Å². The fourth-order valence-electron chi connectivity index (χ4n) is 5.02. The van der Waals surface area contributed by atoms with E-state index in [4.69, 9.17) is 0 Å². The third-order valence-electron chi connectivity index (χ3n) is 7.34. The number of aromatic carboxylic acids is 1. The van der Waals surface area contributed by atoms with Gasteiger partial charge in [-0.25, -0.2) is 4.79 Å². The largest absolute Gasteiger partial charge is 0.478 e. The van der Waals surface area contributed by atoms with Gasteiger partial charge in [0.1, 0.15) is 0 Å². The molecule has 0 atom stereocenters. The summed E-state index contributed by atoms with van der Waals surface area (Å²) in [6.45, 7) is 14.0. The van der Waals surface area contributed by atoms with Gasteiger partial charge in [-0.15, -0.1) is 0 Å². The lowest BCUT2D eigenvalue weighted by Gasteiger charge is -2.42. The van der Waals surface area contributed by atoms with E-state index in [1.54, 1.807) is 12.1 Å².